The number of rotatable bonds is 9. The van der Waals surface area contributed by atoms with E-state index in [1.165, 1.54) is 12.1 Å². The van der Waals surface area contributed by atoms with Gasteiger partial charge < -0.3 is 10.2 Å². The lowest BCUT2D eigenvalue weighted by atomic mass is 9.83. The van der Waals surface area contributed by atoms with Gasteiger partial charge in [0.25, 0.3) is 11.8 Å². The summed E-state index contributed by atoms with van der Waals surface area (Å²) in [5.74, 6) is -0.385. The number of carbonyl (C=O) groups is 2. The smallest absolute Gasteiger partial charge is 0.275 e. The van der Waals surface area contributed by atoms with Crippen LogP contribution in [0, 0.1) is 11.2 Å². The molecule has 0 saturated heterocycles. The third-order valence-electron chi connectivity index (χ3n) is 9.13. The molecule has 0 unspecified atom stereocenters. The molecule has 0 radical (unpaired) electrons. The van der Waals surface area contributed by atoms with Crippen LogP contribution in [0.25, 0.3) is 0 Å². The Balaban J connectivity index is 1.49. The topological polar surface area (TPSA) is 116 Å². The summed E-state index contributed by atoms with van der Waals surface area (Å²) in [5, 5.41) is 16.5. The van der Waals surface area contributed by atoms with Crippen LogP contribution in [-0.4, -0.2) is 56.8 Å². The number of aromatic amines is 1. The maximum atomic E-state index is 14.5. The monoisotopic (exact) mass is 617 g/mol. The Labute approximate surface area is 260 Å². The van der Waals surface area contributed by atoms with E-state index in [4.69, 9.17) is 4.99 Å². The van der Waals surface area contributed by atoms with Crippen LogP contribution >= 0.6 is 0 Å². The van der Waals surface area contributed by atoms with Crippen LogP contribution in [0.2, 0.25) is 25.2 Å². The van der Waals surface area contributed by atoms with Gasteiger partial charge in [-0.2, -0.15) is 24.9 Å². The first kappa shape index (κ1) is 31.7. The van der Waals surface area contributed by atoms with Crippen molar-refractivity contribution in [2.45, 2.75) is 103 Å². The number of halogens is 1. The zero-order valence-corrected chi connectivity index (χ0v) is 27.7. The Bertz CT molecular complexity index is 1500. The molecule has 2 amide bonds. The fourth-order valence-electron chi connectivity index (χ4n) is 6.56. The van der Waals surface area contributed by atoms with Crippen molar-refractivity contribution in [3.05, 3.63) is 76.9 Å². The number of amides is 2. The summed E-state index contributed by atoms with van der Waals surface area (Å²) in [4.78, 5) is 34.6. The Morgan fingerprint density at radius 3 is 2.43 bits per heavy atom. The maximum absolute atomic E-state index is 14.5. The van der Waals surface area contributed by atoms with Gasteiger partial charge in [0.2, 0.25) is 0 Å². The van der Waals surface area contributed by atoms with E-state index >= 15 is 0 Å². The van der Waals surface area contributed by atoms with E-state index in [9.17, 15) is 14.0 Å². The minimum absolute atomic E-state index is 0.0465. The lowest BCUT2D eigenvalue weighted by Crippen LogP contribution is -2.51. The summed E-state index contributed by atoms with van der Waals surface area (Å²) in [5.41, 5.74) is 2.35. The molecule has 1 atom stereocenters. The van der Waals surface area contributed by atoms with E-state index in [1.807, 2.05) is 17.0 Å². The zero-order chi connectivity index (χ0) is 31.7. The molecule has 3 aromatic rings. The molecule has 2 aliphatic rings. The average molecular weight is 618 g/mol. The van der Waals surface area contributed by atoms with E-state index in [0.29, 0.717) is 28.2 Å². The summed E-state index contributed by atoms with van der Waals surface area (Å²) >= 11 is 0. The van der Waals surface area contributed by atoms with Crippen LogP contribution in [0.3, 0.4) is 0 Å². The molecule has 1 aromatic heterocycles. The summed E-state index contributed by atoms with van der Waals surface area (Å²) in [6.45, 7) is 14.0. The van der Waals surface area contributed by atoms with Crippen LogP contribution in [-0.2, 0) is 11.3 Å². The second-order valence-corrected chi connectivity index (χ2v) is 20.1. The van der Waals surface area contributed by atoms with Crippen molar-refractivity contribution in [2.24, 2.45) is 10.4 Å². The fraction of sp³-hybridized carbons (Fsp3) is 0.515. The third kappa shape index (κ3) is 6.98. The Hall–Kier alpha value is -3.73. The molecule has 9 nitrogen and oxygen atoms in total. The Morgan fingerprint density at radius 2 is 1.84 bits per heavy atom. The van der Waals surface area contributed by atoms with Crippen LogP contribution in [0.15, 0.2) is 53.5 Å². The first-order chi connectivity index (χ1) is 20.8. The molecule has 0 bridgehead atoms. The number of benzene rings is 2. The Morgan fingerprint density at radius 1 is 1.14 bits per heavy atom. The molecule has 2 N–H and O–H groups in total. The standard InChI is InChI=1S/C33H44FN7O2Si/c1-32(2,3)17-16-27(22-10-12-23(13-11-22)30(42)35-21-28-37-39-40-38-28)41-31(43)29(24-8-7-9-25(34)20-24)36-33(41)18-14-26(15-19-33)44(4,5)6/h7-13,20,26-27H,14-19,21H2,1-6H3,(H,35,42)(H,37,38,39,40)/q-1/t26?,27-,33?/m1/s1. The van der Waals surface area contributed by atoms with Gasteiger partial charge in [0.1, 0.15) is 17.2 Å². The molecule has 5 rings (SSSR count). The number of hydrogen-bond donors (Lipinski definition) is 2. The summed E-state index contributed by atoms with van der Waals surface area (Å²) < 4.78 is 14.4. The van der Waals surface area contributed by atoms with Crippen molar-refractivity contribution in [1.82, 2.24) is 30.8 Å². The molecule has 11 heteroatoms. The van der Waals surface area contributed by atoms with E-state index in [1.54, 1.807) is 24.3 Å². The SMILES string of the molecule is CC(C)(C)CC[C@H](c1ccc(C(=O)NCc2nn[nH]n2)cc1)N1C(=O)C(c2cccc(F)c2)=NC12CCC([Si-](C)(C)C)CC2. The van der Waals surface area contributed by atoms with Gasteiger partial charge in [0.05, 0.1) is 12.6 Å². The number of hydrogen-bond acceptors (Lipinski definition) is 6. The van der Waals surface area contributed by atoms with Gasteiger partial charge in [-0.15, -0.1) is 23.8 Å². The Kier molecular flexibility index (Phi) is 8.88. The molecule has 1 aliphatic carbocycles. The second-order valence-electron chi connectivity index (χ2n) is 14.5. The minimum Gasteiger partial charge on any atom is -0.345 e. The normalized spacial score (nSPS) is 21.4. The average Bonchev–Trinajstić information content (AvgIpc) is 3.58. The minimum atomic E-state index is -1.38. The molecule has 2 heterocycles. The second kappa shape index (κ2) is 12.3. The van der Waals surface area contributed by atoms with E-state index in [-0.39, 0.29) is 35.6 Å². The molecule has 1 spiro atoms. The van der Waals surface area contributed by atoms with Crippen molar-refractivity contribution in [1.29, 1.82) is 0 Å². The van der Waals surface area contributed by atoms with Crippen LogP contribution in [0.1, 0.15) is 92.6 Å². The predicted octanol–water partition coefficient (Wildman–Crippen LogP) is 6.45. The summed E-state index contributed by atoms with van der Waals surface area (Å²) in [6, 6.07) is 13.5. The van der Waals surface area contributed by atoms with Crippen molar-refractivity contribution in [2.75, 3.05) is 0 Å². The molecule has 1 aliphatic heterocycles. The third-order valence-corrected chi connectivity index (χ3v) is 12.2. The number of aromatic nitrogens is 4. The molecule has 44 heavy (non-hydrogen) atoms. The first-order valence-corrected chi connectivity index (χ1v) is 19.1. The molecule has 2 aromatic carbocycles. The lowest BCUT2D eigenvalue weighted by molar-refractivity contribution is -0.133. The number of carbonyl (C=O) groups excluding carboxylic acids is 2. The highest BCUT2D eigenvalue weighted by molar-refractivity contribution is 6.77. The first-order valence-electron chi connectivity index (χ1n) is 15.6. The molecule has 235 valence electrons. The molecular formula is C33H44FN7O2Si-. The fourth-order valence-corrected chi connectivity index (χ4v) is 8.58. The van der Waals surface area contributed by atoms with Crippen molar-refractivity contribution >= 4 is 25.6 Å². The van der Waals surface area contributed by atoms with Gasteiger partial charge in [0, 0.05) is 11.1 Å². The van der Waals surface area contributed by atoms with Gasteiger partial charge >= 0.3 is 0 Å². The van der Waals surface area contributed by atoms with Crippen LogP contribution in [0.4, 0.5) is 4.39 Å². The highest BCUT2D eigenvalue weighted by Crippen LogP contribution is 2.50. The van der Waals surface area contributed by atoms with Crippen molar-refractivity contribution in [3.63, 3.8) is 0 Å². The number of aliphatic imine (C=N–C) groups is 1. The van der Waals surface area contributed by atoms with E-state index in [0.717, 1.165) is 44.1 Å². The number of tetrazole rings is 1. The van der Waals surface area contributed by atoms with E-state index < -0.39 is 13.7 Å². The highest BCUT2D eigenvalue weighted by atomic mass is 28.3. The van der Waals surface area contributed by atoms with Crippen LogP contribution in [0.5, 0.6) is 0 Å². The number of nitrogens with one attached hydrogen (secondary N) is 2. The van der Waals surface area contributed by atoms with Gasteiger partial charge in [-0.1, -0.05) is 63.1 Å². The quantitative estimate of drug-likeness (QED) is 0.268. The van der Waals surface area contributed by atoms with Gasteiger partial charge in [-0.3, -0.25) is 14.6 Å². The maximum Gasteiger partial charge on any atom is 0.275 e. The van der Waals surface area contributed by atoms with Gasteiger partial charge in [-0.25, -0.2) is 4.39 Å². The van der Waals surface area contributed by atoms with Crippen molar-refractivity contribution in [3.8, 4) is 0 Å². The van der Waals surface area contributed by atoms with Gasteiger partial charge in [-0.05, 0) is 60.9 Å². The predicted molar refractivity (Wildman–Crippen MR) is 171 cm³/mol. The molecule has 1 fully saturated rings. The van der Waals surface area contributed by atoms with Crippen molar-refractivity contribution < 1.29 is 14.0 Å². The summed E-state index contributed by atoms with van der Waals surface area (Å²) in [6.07, 6.45) is 5.24. The lowest BCUT2D eigenvalue weighted by Gasteiger charge is -2.50. The largest absolute Gasteiger partial charge is 0.345 e. The highest BCUT2D eigenvalue weighted by Gasteiger charge is 2.52. The molecule has 1 saturated carbocycles. The molecular weight excluding hydrogens is 573 g/mol. The summed E-state index contributed by atoms with van der Waals surface area (Å²) in [7, 11) is -1.38. The zero-order valence-electron chi connectivity index (χ0n) is 26.7. The van der Waals surface area contributed by atoms with Crippen LogP contribution < -0.4 is 5.32 Å². The van der Waals surface area contributed by atoms with E-state index in [2.05, 4.69) is 66.4 Å². The number of H-pyrrole nitrogens is 1. The van der Waals surface area contributed by atoms with Gasteiger partial charge in [0.15, 0.2) is 5.82 Å². The number of nitrogens with zero attached hydrogens (tertiary/aromatic N) is 5.